The Morgan fingerprint density at radius 3 is 2.50 bits per heavy atom. The van der Waals surface area contributed by atoms with Crippen LogP contribution in [-0.2, 0) is 23.4 Å². The molecule has 0 radical (unpaired) electrons. The molecular formula is C20H34BrNO5Si. The highest BCUT2D eigenvalue weighted by Gasteiger charge is 2.69. The molecule has 4 atom stereocenters. The van der Waals surface area contributed by atoms with E-state index in [-0.39, 0.29) is 17.6 Å². The van der Waals surface area contributed by atoms with Crippen molar-refractivity contribution in [2.75, 3.05) is 20.8 Å². The number of halogens is 1. The maximum Gasteiger partial charge on any atom is 0.314 e. The summed E-state index contributed by atoms with van der Waals surface area (Å²) in [6.45, 7) is 13.6. The number of nitrogens with zero attached hydrogens (tertiary/aromatic N) is 1. The van der Waals surface area contributed by atoms with Crippen molar-refractivity contribution in [3.05, 3.63) is 10.2 Å². The van der Waals surface area contributed by atoms with E-state index in [0.717, 1.165) is 29.6 Å². The Morgan fingerprint density at radius 1 is 1.32 bits per heavy atom. The Hall–Kier alpha value is -0.413. The fourth-order valence-electron chi connectivity index (χ4n) is 5.01. The van der Waals surface area contributed by atoms with Crippen LogP contribution in [-0.4, -0.2) is 63.0 Å². The SMILES string of the molecule is COC(=O)[C@H]1C[C@]2(C)O[C@@]1(O[Si](C)(C)C)C(Br)=C2N1CCC[C@H]1C(C)(C)OC. The third-order valence-corrected chi connectivity index (χ3v) is 8.10. The normalized spacial score (nSPS) is 35.8. The number of likely N-dealkylation sites (tertiary alicyclic amines) is 1. The average Bonchev–Trinajstić information content (AvgIpc) is 3.21. The molecule has 0 unspecified atom stereocenters. The molecule has 8 heteroatoms. The van der Waals surface area contributed by atoms with Gasteiger partial charge < -0.3 is 23.5 Å². The number of hydrogen-bond acceptors (Lipinski definition) is 6. The van der Waals surface area contributed by atoms with Crippen molar-refractivity contribution in [3.8, 4) is 0 Å². The van der Waals surface area contributed by atoms with Crippen LogP contribution < -0.4 is 0 Å². The number of rotatable bonds is 6. The van der Waals surface area contributed by atoms with Gasteiger partial charge in [-0.2, -0.15) is 0 Å². The average molecular weight is 476 g/mol. The number of carbonyl (C=O) groups excluding carboxylic acids is 1. The number of methoxy groups -OCH3 is 2. The number of esters is 1. The first-order chi connectivity index (χ1) is 12.8. The van der Waals surface area contributed by atoms with Crippen LogP contribution in [0.3, 0.4) is 0 Å². The van der Waals surface area contributed by atoms with E-state index in [0.29, 0.717) is 6.42 Å². The van der Waals surface area contributed by atoms with Gasteiger partial charge in [-0.3, -0.25) is 4.79 Å². The largest absolute Gasteiger partial charge is 0.469 e. The molecule has 2 bridgehead atoms. The highest BCUT2D eigenvalue weighted by Crippen LogP contribution is 2.62. The van der Waals surface area contributed by atoms with Crippen LogP contribution >= 0.6 is 15.9 Å². The van der Waals surface area contributed by atoms with Crippen molar-refractivity contribution in [2.45, 2.75) is 82.7 Å². The molecule has 0 spiro atoms. The molecule has 0 saturated carbocycles. The predicted molar refractivity (Wildman–Crippen MR) is 114 cm³/mol. The molecule has 0 aromatic rings. The lowest BCUT2D eigenvalue weighted by Crippen LogP contribution is -2.52. The highest BCUT2D eigenvalue weighted by atomic mass is 79.9. The second-order valence-electron chi connectivity index (χ2n) is 9.82. The molecule has 0 N–H and O–H groups in total. The summed E-state index contributed by atoms with van der Waals surface area (Å²) in [7, 11) is 1.16. The van der Waals surface area contributed by atoms with Gasteiger partial charge in [0.15, 0.2) is 8.32 Å². The van der Waals surface area contributed by atoms with Gasteiger partial charge in [-0.05, 0) is 69.2 Å². The molecule has 0 aromatic carbocycles. The zero-order chi connectivity index (χ0) is 21.1. The van der Waals surface area contributed by atoms with Gasteiger partial charge in [0.1, 0.15) is 11.5 Å². The maximum absolute atomic E-state index is 12.6. The van der Waals surface area contributed by atoms with Gasteiger partial charge in [0, 0.05) is 20.1 Å². The minimum atomic E-state index is -2.03. The summed E-state index contributed by atoms with van der Waals surface area (Å²) in [5.74, 6) is -1.87. The summed E-state index contributed by atoms with van der Waals surface area (Å²) in [6, 6.07) is 0.236. The van der Waals surface area contributed by atoms with E-state index in [2.05, 4.69) is 61.2 Å². The monoisotopic (exact) mass is 475 g/mol. The van der Waals surface area contributed by atoms with Crippen LogP contribution in [0.15, 0.2) is 10.2 Å². The van der Waals surface area contributed by atoms with Gasteiger partial charge in [0.2, 0.25) is 5.79 Å². The fourth-order valence-corrected chi connectivity index (χ4v) is 7.44. The molecule has 28 heavy (non-hydrogen) atoms. The van der Waals surface area contributed by atoms with Crippen LogP contribution in [0, 0.1) is 5.92 Å². The van der Waals surface area contributed by atoms with E-state index in [4.69, 9.17) is 18.6 Å². The summed E-state index contributed by atoms with van der Waals surface area (Å²) < 4.78 is 25.0. The zero-order valence-electron chi connectivity index (χ0n) is 18.3. The molecule has 3 aliphatic rings. The second-order valence-corrected chi connectivity index (χ2v) is 15.0. The molecule has 3 heterocycles. The van der Waals surface area contributed by atoms with Crippen LogP contribution in [0.1, 0.15) is 40.0 Å². The van der Waals surface area contributed by atoms with E-state index < -0.39 is 25.6 Å². The molecule has 160 valence electrons. The first-order valence-corrected chi connectivity index (χ1v) is 14.2. The van der Waals surface area contributed by atoms with Gasteiger partial charge in [-0.25, -0.2) is 0 Å². The standard InChI is InChI=1S/C20H34BrNO5Si/c1-18(2,25-5)14-10-9-11-22(14)16-15(21)20(27-28(6,7)8)13(17(23)24-4)12-19(16,3)26-20/h13-14H,9-12H2,1-8H3/t13-,14+,19+,20+/m1/s1. The van der Waals surface area contributed by atoms with E-state index in [1.807, 2.05) is 0 Å². The van der Waals surface area contributed by atoms with Gasteiger partial charge in [0.25, 0.3) is 0 Å². The van der Waals surface area contributed by atoms with Crippen LogP contribution in [0.4, 0.5) is 0 Å². The Morgan fingerprint density at radius 2 is 1.96 bits per heavy atom. The van der Waals surface area contributed by atoms with E-state index >= 15 is 0 Å². The lowest BCUT2D eigenvalue weighted by Gasteiger charge is -2.43. The Balaban J connectivity index is 2.10. The second kappa shape index (κ2) is 7.08. The minimum absolute atomic E-state index is 0.236. The molecule has 6 nitrogen and oxygen atoms in total. The lowest BCUT2D eigenvalue weighted by molar-refractivity contribution is -0.182. The third-order valence-electron chi connectivity index (χ3n) is 6.26. The highest BCUT2D eigenvalue weighted by molar-refractivity contribution is 9.11. The molecule has 2 saturated heterocycles. The molecule has 3 aliphatic heterocycles. The van der Waals surface area contributed by atoms with E-state index in [1.54, 1.807) is 7.11 Å². The molecule has 2 fully saturated rings. The molecule has 0 aromatic heterocycles. The van der Waals surface area contributed by atoms with Gasteiger partial charge in [-0.15, -0.1) is 0 Å². The summed E-state index contributed by atoms with van der Waals surface area (Å²) in [6.07, 6.45) is 2.70. The zero-order valence-corrected chi connectivity index (χ0v) is 20.9. The van der Waals surface area contributed by atoms with Crippen LogP contribution in [0.25, 0.3) is 0 Å². The summed E-state index contributed by atoms with van der Waals surface area (Å²) in [5.41, 5.74) is 0.200. The number of fused-ring (bicyclic) bond motifs is 2. The van der Waals surface area contributed by atoms with E-state index in [1.165, 1.54) is 7.11 Å². The smallest absolute Gasteiger partial charge is 0.314 e. The van der Waals surface area contributed by atoms with Crippen molar-refractivity contribution in [2.24, 2.45) is 5.92 Å². The first kappa shape index (κ1) is 22.3. The summed E-state index contributed by atoms with van der Waals surface area (Å²) in [4.78, 5) is 15.0. The van der Waals surface area contributed by atoms with Crippen LogP contribution in [0.5, 0.6) is 0 Å². The van der Waals surface area contributed by atoms with Crippen molar-refractivity contribution in [3.63, 3.8) is 0 Å². The van der Waals surface area contributed by atoms with Crippen molar-refractivity contribution in [1.29, 1.82) is 0 Å². The quantitative estimate of drug-likeness (QED) is 0.427. The molecular weight excluding hydrogens is 442 g/mol. The Labute approximate surface area is 178 Å². The number of hydrogen-bond donors (Lipinski definition) is 0. The summed E-state index contributed by atoms with van der Waals surface area (Å²) in [5, 5.41) is 0. The predicted octanol–water partition coefficient (Wildman–Crippen LogP) is 4.01. The number of ether oxygens (including phenoxy) is 3. The lowest BCUT2D eigenvalue weighted by atomic mass is 9.81. The van der Waals surface area contributed by atoms with Crippen molar-refractivity contribution in [1.82, 2.24) is 4.90 Å². The topological polar surface area (TPSA) is 57.2 Å². The molecule has 0 amide bonds. The minimum Gasteiger partial charge on any atom is -0.469 e. The Bertz CT molecular complexity index is 691. The molecule has 3 rings (SSSR count). The van der Waals surface area contributed by atoms with Gasteiger partial charge in [0.05, 0.1) is 28.9 Å². The van der Waals surface area contributed by atoms with Gasteiger partial charge in [-0.1, -0.05) is 0 Å². The molecule has 0 aliphatic carbocycles. The van der Waals surface area contributed by atoms with Crippen LogP contribution in [0.2, 0.25) is 19.6 Å². The Kier molecular flexibility index (Phi) is 5.63. The fraction of sp³-hybridized carbons (Fsp3) is 0.850. The maximum atomic E-state index is 12.6. The van der Waals surface area contributed by atoms with Crippen molar-refractivity contribution < 1.29 is 23.4 Å². The first-order valence-electron chi connectivity index (χ1n) is 10.0. The number of carbonyl (C=O) groups is 1. The van der Waals surface area contributed by atoms with E-state index in [9.17, 15) is 4.79 Å². The van der Waals surface area contributed by atoms with Gasteiger partial charge >= 0.3 is 5.97 Å². The summed E-state index contributed by atoms with van der Waals surface area (Å²) >= 11 is 3.83. The third kappa shape index (κ3) is 3.39. The van der Waals surface area contributed by atoms with Crippen molar-refractivity contribution >= 4 is 30.2 Å².